The molecule has 1 aliphatic rings. The van der Waals surface area contributed by atoms with Crippen molar-refractivity contribution < 1.29 is 14.4 Å². The molecule has 2 unspecified atom stereocenters. The number of anilines is 1. The number of rotatable bonds is 10. The van der Waals surface area contributed by atoms with Crippen LogP contribution in [0, 0.1) is 5.92 Å². The summed E-state index contributed by atoms with van der Waals surface area (Å²) in [6.45, 7) is 8.26. The van der Waals surface area contributed by atoms with Gasteiger partial charge in [0, 0.05) is 32.2 Å². The number of aryl methyl sites for hydroxylation is 1. The number of hydrogen-bond acceptors (Lipinski definition) is 4. The van der Waals surface area contributed by atoms with Crippen molar-refractivity contribution in [3.8, 4) is 0 Å². The fourth-order valence-corrected chi connectivity index (χ4v) is 4.10. The third-order valence-corrected chi connectivity index (χ3v) is 5.95. The van der Waals surface area contributed by atoms with Crippen LogP contribution in [-0.4, -0.2) is 66.8 Å². The van der Waals surface area contributed by atoms with E-state index in [1.165, 1.54) is 4.90 Å². The highest BCUT2D eigenvalue weighted by atomic mass is 16.2. The number of para-hydroxylation sites is 1. The lowest BCUT2D eigenvalue weighted by molar-refractivity contribution is -0.138. The molecule has 1 aromatic rings. The number of carbonyl (C=O) groups excluding carboxylic acids is 3. The third kappa shape index (κ3) is 7.65. The van der Waals surface area contributed by atoms with Crippen LogP contribution in [-0.2, 0) is 20.8 Å². The fourth-order valence-electron chi connectivity index (χ4n) is 4.10. The number of amides is 3. The van der Waals surface area contributed by atoms with Gasteiger partial charge in [-0.25, -0.2) is 0 Å². The summed E-state index contributed by atoms with van der Waals surface area (Å²) in [6, 6.07) is 7.42. The average molecular weight is 431 g/mol. The van der Waals surface area contributed by atoms with Crippen molar-refractivity contribution in [1.29, 1.82) is 0 Å². The molecular weight excluding hydrogens is 392 g/mol. The maximum absolute atomic E-state index is 12.9. The predicted octanol–water partition coefficient (Wildman–Crippen LogP) is 2.66. The van der Waals surface area contributed by atoms with Crippen molar-refractivity contribution in [1.82, 2.24) is 15.1 Å². The largest absolute Gasteiger partial charge is 0.356 e. The lowest BCUT2D eigenvalue weighted by Crippen LogP contribution is -2.51. The highest BCUT2D eigenvalue weighted by Crippen LogP contribution is 2.19. The van der Waals surface area contributed by atoms with Gasteiger partial charge < -0.3 is 15.5 Å². The van der Waals surface area contributed by atoms with Crippen molar-refractivity contribution in [2.75, 3.05) is 38.5 Å². The first kappa shape index (κ1) is 24.9. The van der Waals surface area contributed by atoms with Crippen molar-refractivity contribution in [2.24, 2.45) is 5.92 Å². The van der Waals surface area contributed by atoms with Crippen LogP contribution in [0.15, 0.2) is 24.3 Å². The molecule has 0 spiro atoms. The number of hydrogen-bond donors (Lipinski definition) is 2. The number of likely N-dealkylation sites (tertiary alicyclic amines) is 1. The van der Waals surface area contributed by atoms with Crippen LogP contribution < -0.4 is 10.6 Å². The molecule has 1 aromatic carbocycles. The molecule has 1 saturated heterocycles. The van der Waals surface area contributed by atoms with Gasteiger partial charge in [-0.15, -0.1) is 0 Å². The molecule has 0 radical (unpaired) electrons. The van der Waals surface area contributed by atoms with Gasteiger partial charge in [-0.1, -0.05) is 32.0 Å². The molecule has 172 valence electrons. The minimum absolute atomic E-state index is 0.0194. The summed E-state index contributed by atoms with van der Waals surface area (Å²) in [5.41, 5.74) is 1.87. The molecule has 2 atom stereocenters. The zero-order chi connectivity index (χ0) is 22.8. The molecule has 7 nitrogen and oxygen atoms in total. The fraction of sp³-hybridized carbons (Fsp3) is 0.625. The van der Waals surface area contributed by atoms with Crippen molar-refractivity contribution in [2.45, 2.75) is 58.9 Å². The van der Waals surface area contributed by atoms with Crippen LogP contribution in [0.25, 0.3) is 0 Å². The summed E-state index contributed by atoms with van der Waals surface area (Å²) in [4.78, 5) is 40.9. The topological polar surface area (TPSA) is 81.8 Å². The first-order valence-electron chi connectivity index (χ1n) is 11.5. The zero-order valence-corrected chi connectivity index (χ0v) is 19.4. The van der Waals surface area contributed by atoms with Crippen LogP contribution in [0.3, 0.4) is 0 Å². The molecule has 0 saturated carbocycles. The Morgan fingerprint density at radius 1 is 1.19 bits per heavy atom. The summed E-state index contributed by atoms with van der Waals surface area (Å²) in [5.74, 6) is 0.191. The van der Waals surface area contributed by atoms with Crippen LogP contribution in [0.1, 0.15) is 52.0 Å². The number of nitrogens with one attached hydrogen (secondary N) is 2. The molecule has 0 bridgehead atoms. The van der Waals surface area contributed by atoms with Crippen molar-refractivity contribution >= 4 is 23.4 Å². The molecule has 7 heteroatoms. The van der Waals surface area contributed by atoms with E-state index in [1.54, 1.807) is 7.05 Å². The van der Waals surface area contributed by atoms with E-state index in [9.17, 15) is 14.4 Å². The Labute approximate surface area is 186 Å². The van der Waals surface area contributed by atoms with E-state index in [0.29, 0.717) is 18.9 Å². The normalized spacial score (nSPS) is 17.6. The van der Waals surface area contributed by atoms with Gasteiger partial charge in [0.25, 0.3) is 0 Å². The van der Waals surface area contributed by atoms with E-state index in [2.05, 4.69) is 15.5 Å². The van der Waals surface area contributed by atoms with Crippen molar-refractivity contribution in [3.63, 3.8) is 0 Å². The Bertz CT molecular complexity index is 752. The molecule has 1 aliphatic heterocycles. The van der Waals surface area contributed by atoms with Gasteiger partial charge in [-0.2, -0.15) is 0 Å². The Kier molecular flexibility index (Phi) is 9.98. The number of piperidine rings is 1. The van der Waals surface area contributed by atoms with Gasteiger partial charge in [0.2, 0.25) is 17.7 Å². The van der Waals surface area contributed by atoms with Gasteiger partial charge in [-0.3, -0.25) is 19.3 Å². The molecule has 2 N–H and O–H groups in total. The van der Waals surface area contributed by atoms with Gasteiger partial charge in [0.1, 0.15) is 0 Å². The van der Waals surface area contributed by atoms with E-state index in [-0.39, 0.29) is 30.3 Å². The summed E-state index contributed by atoms with van der Waals surface area (Å²) in [5, 5.41) is 5.93. The van der Waals surface area contributed by atoms with Gasteiger partial charge in [0.05, 0.1) is 12.6 Å². The summed E-state index contributed by atoms with van der Waals surface area (Å²) < 4.78 is 0. The van der Waals surface area contributed by atoms with E-state index in [0.717, 1.165) is 50.0 Å². The van der Waals surface area contributed by atoms with Crippen LogP contribution >= 0.6 is 0 Å². The first-order valence-corrected chi connectivity index (χ1v) is 11.5. The number of likely N-dealkylation sites (N-methyl/N-ethyl adjacent to an activating group) is 1. The number of benzene rings is 1. The molecule has 2 rings (SSSR count). The van der Waals surface area contributed by atoms with Crippen molar-refractivity contribution in [3.05, 3.63) is 29.8 Å². The second-order valence-electron chi connectivity index (χ2n) is 8.49. The van der Waals surface area contributed by atoms with E-state index < -0.39 is 0 Å². The molecule has 1 heterocycles. The summed E-state index contributed by atoms with van der Waals surface area (Å²) in [6.07, 6.45) is 4.29. The maximum atomic E-state index is 12.9. The first-order chi connectivity index (χ1) is 14.8. The monoisotopic (exact) mass is 430 g/mol. The average Bonchev–Trinajstić information content (AvgIpc) is 2.77. The van der Waals surface area contributed by atoms with Crippen LogP contribution in [0.5, 0.6) is 0 Å². The van der Waals surface area contributed by atoms with E-state index in [1.807, 2.05) is 45.0 Å². The standard InChI is InChI=1S/C24H38N4O3/c1-5-10-22(29)25-15-19-11-9-14-28(16-19)18(3)24(31)27(4)17-23(30)26-21-13-8-7-12-20(21)6-2/h7-8,12-13,18-19H,5-6,9-11,14-17H2,1-4H3,(H,25,29)(H,26,30). The van der Waals surface area contributed by atoms with Gasteiger partial charge in [-0.05, 0) is 56.7 Å². The number of nitrogens with zero attached hydrogens (tertiary/aromatic N) is 2. The highest BCUT2D eigenvalue weighted by molar-refractivity contribution is 5.95. The second kappa shape index (κ2) is 12.4. The van der Waals surface area contributed by atoms with Gasteiger partial charge in [0.15, 0.2) is 0 Å². The van der Waals surface area contributed by atoms with Gasteiger partial charge >= 0.3 is 0 Å². The molecular formula is C24H38N4O3. The Morgan fingerprint density at radius 3 is 2.65 bits per heavy atom. The lowest BCUT2D eigenvalue weighted by Gasteiger charge is -2.37. The van der Waals surface area contributed by atoms with Crippen LogP contribution in [0.4, 0.5) is 5.69 Å². The minimum atomic E-state index is -0.296. The molecule has 31 heavy (non-hydrogen) atoms. The second-order valence-corrected chi connectivity index (χ2v) is 8.49. The summed E-state index contributed by atoms with van der Waals surface area (Å²) >= 11 is 0. The van der Waals surface area contributed by atoms with Crippen LogP contribution in [0.2, 0.25) is 0 Å². The maximum Gasteiger partial charge on any atom is 0.243 e. The third-order valence-electron chi connectivity index (χ3n) is 5.95. The number of carbonyl (C=O) groups is 3. The predicted molar refractivity (Wildman–Crippen MR) is 124 cm³/mol. The lowest BCUT2D eigenvalue weighted by atomic mass is 9.96. The zero-order valence-electron chi connectivity index (χ0n) is 19.4. The highest BCUT2D eigenvalue weighted by Gasteiger charge is 2.29. The summed E-state index contributed by atoms with van der Waals surface area (Å²) in [7, 11) is 1.68. The Hall–Kier alpha value is -2.41. The molecule has 0 aliphatic carbocycles. The Morgan fingerprint density at radius 2 is 1.94 bits per heavy atom. The molecule has 0 aromatic heterocycles. The Balaban J connectivity index is 1.85. The molecule has 1 fully saturated rings. The molecule has 3 amide bonds. The van der Waals surface area contributed by atoms with E-state index >= 15 is 0 Å². The smallest absolute Gasteiger partial charge is 0.243 e. The minimum Gasteiger partial charge on any atom is -0.356 e. The quantitative estimate of drug-likeness (QED) is 0.598. The van der Waals surface area contributed by atoms with E-state index in [4.69, 9.17) is 0 Å². The SMILES string of the molecule is CCCC(=O)NCC1CCCN(C(C)C(=O)N(C)CC(=O)Nc2ccccc2CC)C1.